The van der Waals surface area contributed by atoms with E-state index < -0.39 is 0 Å². The number of benzene rings is 1. The molecule has 0 aliphatic carbocycles. The molecule has 5 heteroatoms. The highest BCUT2D eigenvalue weighted by Gasteiger charge is 2.05. The minimum absolute atomic E-state index is 0.0552. The van der Waals surface area contributed by atoms with Crippen LogP contribution in [-0.2, 0) is 11.2 Å². The van der Waals surface area contributed by atoms with E-state index in [0.717, 1.165) is 5.76 Å². The molecule has 0 fully saturated rings. The average molecular weight is 286 g/mol. The average Bonchev–Trinajstić information content (AvgIpc) is 3.03. The van der Waals surface area contributed by atoms with Crippen molar-refractivity contribution in [2.24, 2.45) is 0 Å². The van der Waals surface area contributed by atoms with Crippen molar-refractivity contribution in [3.63, 3.8) is 0 Å². The molecule has 0 spiro atoms. The molecule has 2 amide bonds. The van der Waals surface area contributed by atoms with Crippen LogP contribution < -0.4 is 10.6 Å². The normalized spacial score (nSPS) is 10.1. The first kappa shape index (κ1) is 14.8. The van der Waals surface area contributed by atoms with Gasteiger partial charge in [0.05, 0.1) is 6.26 Å². The van der Waals surface area contributed by atoms with Crippen LogP contribution in [0.25, 0.3) is 0 Å². The SMILES string of the molecule is O=C(CCc1ccco1)NCCNC(=O)c1ccccc1. The molecule has 0 saturated carbocycles. The molecule has 0 aliphatic heterocycles. The predicted molar refractivity (Wildman–Crippen MR) is 78.8 cm³/mol. The van der Waals surface area contributed by atoms with Gasteiger partial charge in [-0.05, 0) is 24.3 Å². The van der Waals surface area contributed by atoms with Gasteiger partial charge in [0.15, 0.2) is 0 Å². The summed E-state index contributed by atoms with van der Waals surface area (Å²) in [5.41, 5.74) is 0.613. The molecule has 0 radical (unpaired) electrons. The van der Waals surface area contributed by atoms with Gasteiger partial charge in [-0.3, -0.25) is 9.59 Å². The number of carbonyl (C=O) groups excluding carboxylic acids is 2. The Morgan fingerprint density at radius 2 is 1.71 bits per heavy atom. The summed E-state index contributed by atoms with van der Waals surface area (Å²) < 4.78 is 5.15. The van der Waals surface area contributed by atoms with Gasteiger partial charge in [-0.15, -0.1) is 0 Å². The van der Waals surface area contributed by atoms with Gasteiger partial charge < -0.3 is 15.1 Å². The Labute approximate surface area is 123 Å². The first-order valence-electron chi connectivity index (χ1n) is 6.88. The molecule has 0 saturated heterocycles. The van der Waals surface area contributed by atoms with Crippen molar-refractivity contribution in [1.82, 2.24) is 10.6 Å². The minimum atomic E-state index is -0.138. The van der Waals surface area contributed by atoms with Gasteiger partial charge in [-0.25, -0.2) is 0 Å². The summed E-state index contributed by atoms with van der Waals surface area (Å²) in [6, 6.07) is 12.6. The Hall–Kier alpha value is -2.56. The molecule has 1 aromatic heterocycles. The molecule has 0 unspecified atom stereocenters. The number of carbonyl (C=O) groups is 2. The van der Waals surface area contributed by atoms with Gasteiger partial charge in [0.1, 0.15) is 5.76 Å². The summed E-state index contributed by atoms with van der Waals surface area (Å²) >= 11 is 0. The third kappa shape index (κ3) is 5.14. The molecule has 2 N–H and O–H groups in total. The Balaban J connectivity index is 1.59. The zero-order valence-electron chi connectivity index (χ0n) is 11.7. The summed E-state index contributed by atoms with van der Waals surface area (Å²) in [6.07, 6.45) is 2.54. The van der Waals surface area contributed by atoms with Crippen molar-refractivity contribution < 1.29 is 14.0 Å². The van der Waals surface area contributed by atoms with E-state index in [1.165, 1.54) is 0 Å². The third-order valence-electron chi connectivity index (χ3n) is 2.95. The van der Waals surface area contributed by atoms with Crippen LogP contribution in [0.3, 0.4) is 0 Å². The van der Waals surface area contributed by atoms with Crippen LogP contribution in [-0.4, -0.2) is 24.9 Å². The zero-order valence-corrected chi connectivity index (χ0v) is 11.7. The lowest BCUT2D eigenvalue weighted by molar-refractivity contribution is -0.121. The zero-order chi connectivity index (χ0) is 14.9. The number of furan rings is 1. The number of hydrogen-bond acceptors (Lipinski definition) is 3. The highest BCUT2D eigenvalue weighted by atomic mass is 16.3. The maximum atomic E-state index is 11.7. The van der Waals surface area contributed by atoms with Gasteiger partial charge in [-0.1, -0.05) is 18.2 Å². The van der Waals surface area contributed by atoms with Gasteiger partial charge in [-0.2, -0.15) is 0 Å². The van der Waals surface area contributed by atoms with Crippen LogP contribution in [0.1, 0.15) is 22.5 Å². The smallest absolute Gasteiger partial charge is 0.251 e. The monoisotopic (exact) mass is 286 g/mol. The summed E-state index contributed by atoms with van der Waals surface area (Å²) in [4.78, 5) is 23.3. The first-order valence-corrected chi connectivity index (χ1v) is 6.88. The van der Waals surface area contributed by atoms with Gasteiger partial charge in [0, 0.05) is 31.5 Å². The topological polar surface area (TPSA) is 71.3 Å². The van der Waals surface area contributed by atoms with E-state index in [4.69, 9.17) is 4.42 Å². The minimum Gasteiger partial charge on any atom is -0.469 e. The van der Waals surface area contributed by atoms with Gasteiger partial charge in [0.25, 0.3) is 5.91 Å². The van der Waals surface area contributed by atoms with E-state index in [-0.39, 0.29) is 11.8 Å². The largest absolute Gasteiger partial charge is 0.469 e. The summed E-state index contributed by atoms with van der Waals surface area (Å²) in [5.74, 6) is 0.600. The predicted octanol–water partition coefficient (Wildman–Crippen LogP) is 1.76. The Kier molecular flexibility index (Phi) is 5.58. The van der Waals surface area contributed by atoms with E-state index in [2.05, 4.69) is 10.6 Å². The lowest BCUT2D eigenvalue weighted by atomic mass is 10.2. The molecule has 1 heterocycles. The fourth-order valence-electron chi connectivity index (χ4n) is 1.85. The van der Waals surface area contributed by atoms with E-state index in [9.17, 15) is 9.59 Å². The van der Waals surface area contributed by atoms with E-state index in [1.807, 2.05) is 24.3 Å². The van der Waals surface area contributed by atoms with Crippen LogP contribution in [0.15, 0.2) is 53.1 Å². The fraction of sp³-hybridized carbons (Fsp3) is 0.250. The van der Waals surface area contributed by atoms with Crippen molar-refractivity contribution in [2.45, 2.75) is 12.8 Å². The number of nitrogens with one attached hydrogen (secondary N) is 2. The van der Waals surface area contributed by atoms with Crippen LogP contribution >= 0.6 is 0 Å². The number of amides is 2. The molecule has 1 aromatic carbocycles. The third-order valence-corrected chi connectivity index (χ3v) is 2.95. The summed E-state index contributed by atoms with van der Waals surface area (Å²) in [7, 11) is 0. The summed E-state index contributed by atoms with van der Waals surface area (Å²) in [6.45, 7) is 0.815. The Morgan fingerprint density at radius 3 is 2.43 bits per heavy atom. The number of hydrogen-bond donors (Lipinski definition) is 2. The number of rotatable bonds is 7. The van der Waals surface area contributed by atoms with Crippen molar-refractivity contribution in [3.8, 4) is 0 Å². The quantitative estimate of drug-likeness (QED) is 0.762. The second kappa shape index (κ2) is 7.89. The van der Waals surface area contributed by atoms with Gasteiger partial charge in [0.2, 0.25) is 5.91 Å². The van der Waals surface area contributed by atoms with Crippen molar-refractivity contribution in [1.29, 1.82) is 0 Å². The lowest BCUT2D eigenvalue weighted by Gasteiger charge is -2.06. The molecule has 2 aromatic rings. The lowest BCUT2D eigenvalue weighted by Crippen LogP contribution is -2.34. The van der Waals surface area contributed by atoms with E-state index in [1.54, 1.807) is 24.5 Å². The molecule has 21 heavy (non-hydrogen) atoms. The van der Waals surface area contributed by atoms with Crippen LogP contribution in [0.4, 0.5) is 0 Å². The molecular weight excluding hydrogens is 268 g/mol. The molecule has 0 aliphatic rings. The molecule has 2 rings (SSSR count). The van der Waals surface area contributed by atoms with Crippen LogP contribution in [0, 0.1) is 0 Å². The Morgan fingerprint density at radius 1 is 0.952 bits per heavy atom. The summed E-state index contributed by atoms with van der Waals surface area (Å²) in [5, 5.41) is 5.51. The van der Waals surface area contributed by atoms with Crippen LogP contribution in [0.5, 0.6) is 0 Å². The van der Waals surface area contributed by atoms with Crippen LogP contribution in [0.2, 0.25) is 0 Å². The highest BCUT2D eigenvalue weighted by Crippen LogP contribution is 2.03. The maximum absolute atomic E-state index is 11.7. The highest BCUT2D eigenvalue weighted by molar-refractivity contribution is 5.94. The molecule has 110 valence electrons. The van der Waals surface area contributed by atoms with Crippen molar-refractivity contribution in [3.05, 3.63) is 60.1 Å². The fourth-order valence-corrected chi connectivity index (χ4v) is 1.85. The van der Waals surface area contributed by atoms with E-state index in [0.29, 0.717) is 31.5 Å². The number of aryl methyl sites for hydroxylation is 1. The second-order valence-electron chi connectivity index (χ2n) is 4.55. The van der Waals surface area contributed by atoms with E-state index >= 15 is 0 Å². The Bertz CT molecular complexity index is 564. The molecule has 5 nitrogen and oxygen atoms in total. The van der Waals surface area contributed by atoms with Gasteiger partial charge >= 0.3 is 0 Å². The van der Waals surface area contributed by atoms with Crippen molar-refractivity contribution >= 4 is 11.8 Å². The molecule has 0 bridgehead atoms. The van der Waals surface area contributed by atoms with Crippen molar-refractivity contribution in [2.75, 3.05) is 13.1 Å². The standard InChI is InChI=1S/C16H18N2O3/c19-15(9-8-14-7-4-12-21-14)17-10-11-18-16(20)13-5-2-1-3-6-13/h1-7,12H,8-11H2,(H,17,19)(H,18,20). The molecule has 0 atom stereocenters. The maximum Gasteiger partial charge on any atom is 0.251 e. The second-order valence-corrected chi connectivity index (χ2v) is 4.55. The molecular formula is C16H18N2O3. The first-order chi connectivity index (χ1) is 10.3.